The van der Waals surface area contributed by atoms with Crippen LogP contribution in [-0.2, 0) is 45.4 Å². The number of aliphatic hydroxyl groups excluding tert-OH is 2. The minimum atomic E-state index is -0.745. The van der Waals surface area contributed by atoms with Gasteiger partial charge in [0.1, 0.15) is 24.4 Å². The van der Waals surface area contributed by atoms with Gasteiger partial charge in [-0.3, -0.25) is 0 Å². The third-order valence-electron chi connectivity index (χ3n) is 6.60. The van der Waals surface area contributed by atoms with Crippen molar-refractivity contribution < 1.29 is 29.2 Å². The molecule has 4 aromatic carbocycles. The molecule has 0 aliphatic rings. The van der Waals surface area contributed by atoms with Gasteiger partial charge in [-0.2, -0.15) is 0 Å². The molecule has 0 aliphatic heterocycles. The highest BCUT2D eigenvalue weighted by atomic mass is 16.6. The summed E-state index contributed by atoms with van der Waals surface area (Å²) in [6, 6.07) is 39.2. The average molecular weight is 543 g/mol. The van der Waals surface area contributed by atoms with Crippen molar-refractivity contribution in [2.24, 2.45) is 0 Å². The molecule has 0 amide bonds. The first-order chi connectivity index (χ1) is 19.8. The Labute approximate surface area is 236 Å². The number of benzene rings is 4. The van der Waals surface area contributed by atoms with Gasteiger partial charge in [-0.15, -0.1) is 0 Å². The van der Waals surface area contributed by atoms with E-state index in [0.717, 1.165) is 22.3 Å². The largest absolute Gasteiger partial charge is 0.394 e. The fraction of sp³-hybridized carbons (Fsp3) is 0.294. The quantitative estimate of drug-likeness (QED) is 0.188. The van der Waals surface area contributed by atoms with Gasteiger partial charge in [0.2, 0.25) is 0 Å². The maximum absolute atomic E-state index is 10.5. The molecule has 4 aromatic rings. The number of rotatable bonds is 17. The summed E-state index contributed by atoms with van der Waals surface area (Å²) < 4.78 is 25.4. The number of hydrogen-bond acceptors (Lipinski definition) is 6. The van der Waals surface area contributed by atoms with Crippen LogP contribution in [0.2, 0.25) is 0 Å². The summed E-state index contributed by atoms with van der Waals surface area (Å²) in [6.45, 7) is 0.536. The Hall–Kier alpha value is -3.36. The second-order valence-electron chi connectivity index (χ2n) is 9.56. The van der Waals surface area contributed by atoms with Crippen LogP contribution in [0.5, 0.6) is 0 Å². The lowest BCUT2D eigenvalue weighted by Gasteiger charge is -2.36. The SMILES string of the molecule is OCC(OCc1ccccc1)C(OCc1ccccc1)C(OCc1ccccc1)C(CO)OCc1ccccc1. The number of aliphatic hydroxyl groups is 2. The van der Waals surface area contributed by atoms with Crippen molar-refractivity contribution in [2.75, 3.05) is 13.2 Å². The molecule has 0 saturated carbocycles. The van der Waals surface area contributed by atoms with Crippen molar-refractivity contribution in [1.29, 1.82) is 0 Å². The van der Waals surface area contributed by atoms with Gasteiger partial charge < -0.3 is 29.2 Å². The number of hydrogen-bond donors (Lipinski definition) is 2. The molecule has 0 bridgehead atoms. The highest BCUT2D eigenvalue weighted by Crippen LogP contribution is 2.23. The first kappa shape index (κ1) is 29.6. The smallest absolute Gasteiger partial charge is 0.115 e. The molecular formula is C34H38O6. The Morgan fingerprint density at radius 1 is 0.375 bits per heavy atom. The van der Waals surface area contributed by atoms with Crippen LogP contribution in [0.4, 0.5) is 0 Å². The zero-order chi connectivity index (χ0) is 27.8. The molecule has 6 nitrogen and oxygen atoms in total. The Kier molecular flexibility index (Phi) is 12.3. The summed E-state index contributed by atoms with van der Waals surface area (Å²) in [7, 11) is 0. The normalized spacial score (nSPS) is 14.3. The Balaban J connectivity index is 1.59. The molecule has 0 fully saturated rings. The van der Waals surface area contributed by atoms with Crippen LogP contribution >= 0.6 is 0 Å². The standard InChI is InChI=1S/C34H38O6/c35-21-31(37-23-27-13-5-1-6-14-27)33(39-25-29-17-9-3-10-18-29)34(40-26-30-19-11-4-12-20-30)32(22-36)38-24-28-15-7-2-8-16-28/h1-20,31-36H,21-26H2. The van der Waals surface area contributed by atoms with E-state index < -0.39 is 24.4 Å². The second-order valence-corrected chi connectivity index (χ2v) is 9.56. The first-order valence-electron chi connectivity index (χ1n) is 13.6. The third kappa shape index (κ3) is 9.38. The molecule has 0 saturated heterocycles. The maximum Gasteiger partial charge on any atom is 0.115 e. The molecule has 0 aromatic heterocycles. The molecular weight excluding hydrogens is 504 g/mol. The average Bonchev–Trinajstić information content (AvgIpc) is 3.02. The summed E-state index contributed by atoms with van der Waals surface area (Å²) in [5.41, 5.74) is 3.90. The van der Waals surface area contributed by atoms with Gasteiger partial charge >= 0.3 is 0 Å². The number of ether oxygens (including phenoxy) is 4. The van der Waals surface area contributed by atoms with Gasteiger partial charge in [0.05, 0.1) is 39.6 Å². The van der Waals surface area contributed by atoms with E-state index >= 15 is 0 Å². The summed E-state index contributed by atoms with van der Waals surface area (Å²) in [4.78, 5) is 0. The van der Waals surface area contributed by atoms with Crippen molar-refractivity contribution in [3.8, 4) is 0 Å². The minimum absolute atomic E-state index is 0.277. The van der Waals surface area contributed by atoms with E-state index in [-0.39, 0.29) is 39.6 Å². The molecule has 0 aliphatic carbocycles. The molecule has 0 radical (unpaired) electrons. The first-order valence-corrected chi connectivity index (χ1v) is 13.6. The summed E-state index contributed by atoms with van der Waals surface area (Å²) in [5.74, 6) is 0. The zero-order valence-electron chi connectivity index (χ0n) is 22.6. The van der Waals surface area contributed by atoms with E-state index in [9.17, 15) is 10.2 Å². The van der Waals surface area contributed by atoms with Gasteiger partial charge in [0, 0.05) is 0 Å². The minimum Gasteiger partial charge on any atom is -0.394 e. The predicted molar refractivity (Wildman–Crippen MR) is 154 cm³/mol. The third-order valence-corrected chi connectivity index (χ3v) is 6.60. The lowest BCUT2D eigenvalue weighted by Crippen LogP contribution is -2.51. The molecule has 40 heavy (non-hydrogen) atoms. The molecule has 0 spiro atoms. The highest BCUT2D eigenvalue weighted by molar-refractivity contribution is 5.16. The van der Waals surface area contributed by atoms with Crippen LogP contribution in [0.1, 0.15) is 22.3 Å². The van der Waals surface area contributed by atoms with Crippen LogP contribution in [0.3, 0.4) is 0 Å². The van der Waals surface area contributed by atoms with Crippen molar-refractivity contribution in [3.63, 3.8) is 0 Å². The maximum atomic E-state index is 10.5. The topological polar surface area (TPSA) is 77.4 Å². The molecule has 2 N–H and O–H groups in total. The Bertz CT molecular complexity index is 1090. The Morgan fingerprint density at radius 2 is 0.625 bits per heavy atom. The van der Waals surface area contributed by atoms with Crippen molar-refractivity contribution >= 4 is 0 Å². The summed E-state index contributed by atoms with van der Waals surface area (Å²) in [5, 5.41) is 21.0. The lowest BCUT2D eigenvalue weighted by molar-refractivity contribution is -0.201. The molecule has 0 heterocycles. The predicted octanol–water partition coefficient (Wildman–Crippen LogP) is 5.31. The van der Waals surface area contributed by atoms with E-state index in [1.807, 2.05) is 121 Å². The van der Waals surface area contributed by atoms with E-state index in [1.165, 1.54) is 0 Å². The van der Waals surface area contributed by atoms with E-state index in [2.05, 4.69) is 0 Å². The molecule has 4 rings (SSSR count). The van der Waals surface area contributed by atoms with Crippen molar-refractivity contribution in [2.45, 2.75) is 50.8 Å². The highest BCUT2D eigenvalue weighted by Gasteiger charge is 2.38. The van der Waals surface area contributed by atoms with Crippen LogP contribution in [0.15, 0.2) is 121 Å². The van der Waals surface area contributed by atoms with Gasteiger partial charge in [-0.1, -0.05) is 121 Å². The van der Waals surface area contributed by atoms with Gasteiger partial charge in [-0.05, 0) is 22.3 Å². The van der Waals surface area contributed by atoms with Crippen LogP contribution in [-0.4, -0.2) is 47.8 Å². The van der Waals surface area contributed by atoms with Gasteiger partial charge in [0.15, 0.2) is 0 Å². The second kappa shape index (κ2) is 16.7. The Morgan fingerprint density at radius 3 is 0.875 bits per heavy atom. The van der Waals surface area contributed by atoms with Crippen LogP contribution in [0, 0.1) is 0 Å². The van der Waals surface area contributed by atoms with Crippen molar-refractivity contribution in [3.05, 3.63) is 144 Å². The van der Waals surface area contributed by atoms with E-state index in [1.54, 1.807) is 0 Å². The fourth-order valence-corrected chi connectivity index (χ4v) is 4.42. The molecule has 4 atom stereocenters. The molecule has 210 valence electrons. The summed E-state index contributed by atoms with van der Waals surface area (Å²) >= 11 is 0. The molecule has 4 unspecified atom stereocenters. The molecule has 6 heteroatoms. The summed E-state index contributed by atoms with van der Waals surface area (Å²) in [6.07, 6.45) is -2.96. The monoisotopic (exact) mass is 542 g/mol. The lowest BCUT2D eigenvalue weighted by atomic mass is 10.0. The van der Waals surface area contributed by atoms with Crippen molar-refractivity contribution in [1.82, 2.24) is 0 Å². The van der Waals surface area contributed by atoms with Gasteiger partial charge in [-0.25, -0.2) is 0 Å². The fourth-order valence-electron chi connectivity index (χ4n) is 4.42. The van der Waals surface area contributed by atoms with E-state index in [0.29, 0.717) is 0 Å². The van der Waals surface area contributed by atoms with Crippen LogP contribution in [0.25, 0.3) is 0 Å². The zero-order valence-corrected chi connectivity index (χ0v) is 22.6. The van der Waals surface area contributed by atoms with Crippen LogP contribution < -0.4 is 0 Å². The van der Waals surface area contributed by atoms with Gasteiger partial charge in [0.25, 0.3) is 0 Å². The van der Waals surface area contributed by atoms with E-state index in [4.69, 9.17) is 18.9 Å².